The summed E-state index contributed by atoms with van der Waals surface area (Å²) in [5.41, 5.74) is 0.912. The van der Waals surface area contributed by atoms with Crippen molar-refractivity contribution in [3.63, 3.8) is 0 Å². The summed E-state index contributed by atoms with van der Waals surface area (Å²) in [4.78, 5) is 15.7. The van der Waals surface area contributed by atoms with Crippen LogP contribution in [0.5, 0.6) is 0 Å². The van der Waals surface area contributed by atoms with Gasteiger partial charge in [0.1, 0.15) is 0 Å². The lowest BCUT2D eigenvalue weighted by molar-refractivity contribution is 0.0787. The minimum absolute atomic E-state index is 0.0571. The minimum atomic E-state index is -0.0571. The summed E-state index contributed by atoms with van der Waals surface area (Å²) in [5.74, 6) is 0. The fraction of sp³-hybridized carbons (Fsp3) is 0.444. The molecule has 2 rings (SSSR count). The molecular formula is C9H12N2O2. The Kier molecular flexibility index (Phi) is 2.06. The summed E-state index contributed by atoms with van der Waals surface area (Å²) in [5, 5.41) is 0. The van der Waals surface area contributed by atoms with Gasteiger partial charge in [0.15, 0.2) is 0 Å². The monoisotopic (exact) mass is 180 g/mol. The standard InChI is InChI=1S/C9H12N2O2/c1-13-8-5-11(6-8)7-2-3-10-9(12)4-7/h2-4,8H,5-6H2,1H3,(H,10,12). The molecule has 4 heteroatoms. The van der Waals surface area contributed by atoms with E-state index in [9.17, 15) is 4.79 Å². The number of hydrogen-bond donors (Lipinski definition) is 1. The van der Waals surface area contributed by atoms with Gasteiger partial charge in [-0.2, -0.15) is 0 Å². The first-order valence-corrected chi connectivity index (χ1v) is 4.26. The Balaban J connectivity index is 2.07. The van der Waals surface area contributed by atoms with Crippen molar-refractivity contribution in [2.45, 2.75) is 6.10 Å². The molecule has 13 heavy (non-hydrogen) atoms. The molecule has 0 amide bonds. The van der Waals surface area contributed by atoms with Crippen LogP contribution in [0.1, 0.15) is 0 Å². The molecule has 1 aliphatic heterocycles. The van der Waals surface area contributed by atoms with Gasteiger partial charge in [-0.3, -0.25) is 4.79 Å². The molecule has 70 valence electrons. The molecule has 0 unspecified atom stereocenters. The highest BCUT2D eigenvalue weighted by Gasteiger charge is 2.26. The second kappa shape index (κ2) is 3.22. The quantitative estimate of drug-likeness (QED) is 0.707. The van der Waals surface area contributed by atoms with E-state index in [4.69, 9.17) is 4.74 Å². The summed E-state index contributed by atoms with van der Waals surface area (Å²) in [6.07, 6.45) is 1.98. The lowest BCUT2D eigenvalue weighted by Gasteiger charge is -2.39. The van der Waals surface area contributed by atoms with Gasteiger partial charge < -0.3 is 14.6 Å². The summed E-state index contributed by atoms with van der Waals surface area (Å²) in [6.45, 7) is 1.75. The minimum Gasteiger partial charge on any atom is -0.378 e. The van der Waals surface area contributed by atoms with Gasteiger partial charge in [0, 0.05) is 38.1 Å². The van der Waals surface area contributed by atoms with Crippen molar-refractivity contribution < 1.29 is 4.74 Å². The van der Waals surface area contributed by atoms with Gasteiger partial charge in [-0.25, -0.2) is 0 Å². The van der Waals surface area contributed by atoms with E-state index in [1.807, 2.05) is 6.07 Å². The van der Waals surface area contributed by atoms with Crippen molar-refractivity contribution >= 4 is 5.69 Å². The Bertz CT molecular complexity index is 341. The maximum absolute atomic E-state index is 11.0. The molecule has 1 fully saturated rings. The van der Waals surface area contributed by atoms with Crippen molar-refractivity contribution in [2.24, 2.45) is 0 Å². The van der Waals surface area contributed by atoms with Gasteiger partial charge >= 0.3 is 0 Å². The molecule has 0 atom stereocenters. The number of H-pyrrole nitrogens is 1. The third kappa shape index (κ3) is 1.58. The van der Waals surface area contributed by atoms with E-state index in [1.165, 1.54) is 0 Å². The van der Waals surface area contributed by atoms with Crippen molar-refractivity contribution in [1.82, 2.24) is 4.98 Å². The average molecular weight is 180 g/mol. The maximum atomic E-state index is 11.0. The first-order chi connectivity index (χ1) is 6.29. The Labute approximate surface area is 76.1 Å². The van der Waals surface area contributed by atoms with Crippen LogP contribution in [-0.2, 0) is 4.74 Å². The summed E-state index contributed by atoms with van der Waals surface area (Å²) in [7, 11) is 1.71. The Morgan fingerprint density at radius 3 is 3.00 bits per heavy atom. The van der Waals surface area contributed by atoms with Crippen LogP contribution in [0.2, 0.25) is 0 Å². The smallest absolute Gasteiger partial charge is 0.249 e. The van der Waals surface area contributed by atoms with Crippen LogP contribution < -0.4 is 10.5 Å². The number of aromatic nitrogens is 1. The van der Waals surface area contributed by atoms with Crippen LogP contribution in [0.4, 0.5) is 5.69 Å². The number of nitrogens with one attached hydrogen (secondary N) is 1. The zero-order valence-electron chi connectivity index (χ0n) is 7.49. The van der Waals surface area contributed by atoms with E-state index in [2.05, 4.69) is 9.88 Å². The van der Waals surface area contributed by atoms with Gasteiger partial charge in [0.25, 0.3) is 0 Å². The molecule has 0 radical (unpaired) electrons. The highest BCUT2D eigenvalue weighted by Crippen LogP contribution is 2.19. The molecule has 1 aromatic rings. The number of pyridine rings is 1. The van der Waals surface area contributed by atoms with Crippen LogP contribution in [0.25, 0.3) is 0 Å². The molecule has 1 N–H and O–H groups in total. The van der Waals surface area contributed by atoms with E-state index >= 15 is 0 Å². The van der Waals surface area contributed by atoms with Crippen LogP contribution in [0.3, 0.4) is 0 Å². The van der Waals surface area contributed by atoms with Gasteiger partial charge in [0.2, 0.25) is 5.56 Å². The highest BCUT2D eigenvalue weighted by molar-refractivity contribution is 5.47. The molecule has 1 aromatic heterocycles. The van der Waals surface area contributed by atoms with Crippen molar-refractivity contribution in [3.05, 3.63) is 28.7 Å². The van der Waals surface area contributed by atoms with E-state index in [1.54, 1.807) is 19.4 Å². The third-order valence-electron chi connectivity index (χ3n) is 2.31. The Hall–Kier alpha value is -1.29. The molecule has 1 saturated heterocycles. The number of nitrogens with zero attached hydrogens (tertiary/aromatic N) is 1. The Morgan fingerprint density at radius 1 is 1.62 bits per heavy atom. The summed E-state index contributed by atoms with van der Waals surface area (Å²) < 4.78 is 5.14. The normalized spacial score (nSPS) is 17.2. The number of rotatable bonds is 2. The van der Waals surface area contributed by atoms with Crippen LogP contribution >= 0.6 is 0 Å². The SMILES string of the molecule is COC1CN(c2cc[nH]c(=O)c2)C1. The predicted octanol–water partition coefficient (Wildman–Crippen LogP) is 0.210. The molecule has 1 aliphatic rings. The van der Waals surface area contributed by atoms with Crippen molar-refractivity contribution in [1.29, 1.82) is 0 Å². The van der Waals surface area contributed by atoms with Crippen LogP contribution in [0.15, 0.2) is 23.1 Å². The molecule has 0 aliphatic carbocycles. The number of methoxy groups -OCH3 is 1. The average Bonchev–Trinajstić information content (AvgIpc) is 2.02. The Morgan fingerprint density at radius 2 is 2.38 bits per heavy atom. The molecule has 0 saturated carbocycles. The van der Waals surface area contributed by atoms with E-state index < -0.39 is 0 Å². The first-order valence-electron chi connectivity index (χ1n) is 4.26. The lowest BCUT2D eigenvalue weighted by Crippen LogP contribution is -2.52. The highest BCUT2D eigenvalue weighted by atomic mass is 16.5. The van der Waals surface area contributed by atoms with E-state index in [0.29, 0.717) is 6.10 Å². The third-order valence-corrected chi connectivity index (χ3v) is 2.31. The van der Waals surface area contributed by atoms with E-state index in [-0.39, 0.29) is 5.56 Å². The van der Waals surface area contributed by atoms with Crippen molar-refractivity contribution in [3.8, 4) is 0 Å². The van der Waals surface area contributed by atoms with Gasteiger partial charge in [-0.1, -0.05) is 0 Å². The van der Waals surface area contributed by atoms with Crippen LogP contribution in [0, 0.1) is 0 Å². The maximum Gasteiger partial charge on any atom is 0.249 e. The van der Waals surface area contributed by atoms with Gasteiger partial charge in [-0.15, -0.1) is 0 Å². The fourth-order valence-electron chi connectivity index (χ4n) is 1.43. The van der Waals surface area contributed by atoms with Crippen molar-refractivity contribution in [2.75, 3.05) is 25.1 Å². The second-order valence-electron chi connectivity index (χ2n) is 3.17. The number of hydrogen-bond acceptors (Lipinski definition) is 3. The van der Waals surface area contributed by atoms with Gasteiger partial charge in [0.05, 0.1) is 6.10 Å². The predicted molar refractivity (Wildman–Crippen MR) is 50.1 cm³/mol. The zero-order valence-corrected chi connectivity index (χ0v) is 7.49. The molecular weight excluding hydrogens is 168 g/mol. The number of ether oxygens (including phenoxy) is 1. The number of anilines is 1. The zero-order chi connectivity index (χ0) is 9.26. The van der Waals surface area contributed by atoms with Gasteiger partial charge in [-0.05, 0) is 6.07 Å². The largest absolute Gasteiger partial charge is 0.378 e. The molecule has 0 spiro atoms. The molecule has 0 bridgehead atoms. The number of aromatic amines is 1. The molecule has 0 aromatic carbocycles. The fourth-order valence-corrected chi connectivity index (χ4v) is 1.43. The summed E-state index contributed by atoms with van der Waals surface area (Å²) >= 11 is 0. The molecule has 4 nitrogen and oxygen atoms in total. The van der Waals surface area contributed by atoms with E-state index in [0.717, 1.165) is 18.8 Å². The molecule has 2 heterocycles. The topological polar surface area (TPSA) is 45.3 Å². The second-order valence-corrected chi connectivity index (χ2v) is 3.17. The van der Waals surface area contributed by atoms with Crippen LogP contribution in [-0.4, -0.2) is 31.3 Å². The first kappa shape index (κ1) is 8.31. The summed E-state index contributed by atoms with van der Waals surface area (Å²) in [6, 6.07) is 3.50. The lowest BCUT2D eigenvalue weighted by atomic mass is 10.1.